The molecule has 0 aromatic rings. The van der Waals surface area contributed by atoms with Gasteiger partial charge >= 0.3 is 11.9 Å². The maximum Gasteiger partial charge on any atom is 0.307 e. The molecule has 2 saturated carbocycles. The van der Waals surface area contributed by atoms with Gasteiger partial charge in [-0.3, -0.25) is 29.3 Å². The normalized spacial score (nSPS) is 31.2. The summed E-state index contributed by atoms with van der Waals surface area (Å²) in [5, 5.41) is 45.1. The number of carbonyl (C=O) groups is 4. The highest BCUT2D eigenvalue weighted by Crippen LogP contribution is 2.33. The summed E-state index contributed by atoms with van der Waals surface area (Å²) in [5.41, 5.74) is 0. The average molecular weight is 457 g/mol. The molecule has 0 radical (unpaired) electrons. The smallest absolute Gasteiger partial charge is 0.307 e. The molecule has 5 N–H and O–H groups in total. The molecule has 32 heavy (non-hydrogen) atoms. The van der Waals surface area contributed by atoms with Crippen molar-refractivity contribution in [2.75, 3.05) is 0 Å². The number of aliphatic hydroxyl groups is 1. The lowest BCUT2D eigenvalue weighted by molar-refractivity contribution is -0.528. The molecule has 0 aromatic heterocycles. The second kappa shape index (κ2) is 11.2. The van der Waals surface area contributed by atoms with Gasteiger partial charge in [0.1, 0.15) is 6.17 Å². The summed E-state index contributed by atoms with van der Waals surface area (Å²) < 4.78 is 0. The van der Waals surface area contributed by atoms with Crippen molar-refractivity contribution in [3.05, 3.63) is 10.1 Å². The maximum absolute atomic E-state index is 12.9. The van der Waals surface area contributed by atoms with E-state index in [2.05, 4.69) is 10.6 Å². The molecule has 7 atom stereocenters. The predicted molar refractivity (Wildman–Crippen MR) is 109 cm³/mol. The third kappa shape index (κ3) is 6.38. The van der Waals surface area contributed by atoms with Crippen LogP contribution in [0.4, 0.5) is 0 Å². The Morgan fingerprint density at radius 1 is 0.906 bits per heavy atom. The zero-order valence-corrected chi connectivity index (χ0v) is 17.9. The van der Waals surface area contributed by atoms with Crippen LogP contribution in [0.5, 0.6) is 0 Å². The fraction of sp³-hybridized carbons (Fsp3) is 0.800. The van der Waals surface area contributed by atoms with E-state index in [1.807, 2.05) is 0 Å². The van der Waals surface area contributed by atoms with E-state index >= 15 is 0 Å². The fourth-order valence-corrected chi connectivity index (χ4v) is 4.69. The summed E-state index contributed by atoms with van der Waals surface area (Å²) in [4.78, 5) is 59.4. The first-order valence-electron chi connectivity index (χ1n) is 10.9. The molecule has 0 saturated heterocycles. The van der Waals surface area contributed by atoms with E-state index in [0.29, 0.717) is 12.8 Å². The molecule has 2 rings (SSSR count). The number of rotatable bonds is 9. The van der Waals surface area contributed by atoms with Gasteiger partial charge in [-0.1, -0.05) is 13.3 Å². The second-order valence-corrected chi connectivity index (χ2v) is 8.68. The van der Waals surface area contributed by atoms with Gasteiger partial charge in [-0.05, 0) is 32.1 Å². The van der Waals surface area contributed by atoms with E-state index in [0.717, 1.165) is 0 Å². The number of aliphatic hydroxyl groups excluding tert-OH is 1. The molecule has 0 bridgehead atoms. The van der Waals surface area contributed by atoms with E-state index in [4.69, 9.17) is 0 Å². The van der Waals surface area contributed by atoms with Crippen molar-refractivity contribution >= 4 is 23.8 Å². The number of nitrogens with zero attached hydrogens (tertiary/aromatic N) is 1. The van der Waals surface area contributed by atoms with Crippen LogP contribution in [0.2, 0.25) is 0 Å². The topological polar surface area (TPSA) is 196 Å². The Kier molecular flexibility index (Phi) is 8.93. The Morgan fingerprint density at radius 2 is 1.41 bits per heavy atom. The van der Waals surface area contributed by atoms with Crippen molar-refractivity contribution < 1.29 is 39.4 Å². The van der Waals surface area contributed by atoms with Gasteiger partial charge in [-0.2, -0.15) is 0 Å². The maximum atomic E-state index is 12.9. The highest BCUT2D eigenvalue weighted by atomic mass is 16.6. The molecule has 2 aliphatic rings. The minimum Gasteiger partial charge on any atom is -0.481 e. The summed E-state index contributed by atoms with van der Waals surface area (Å²) in [6, 6.07) is -1.01. The second-order valence-electron chi connectivity index (χ2n) is 8.68. The van der Waals surface area contributed by atoms with Gasteiger partial charge in [0.2, 0.25) is 17.9 Å². The minimum atomic E-state index is -1.21. The van der Waals surface area contributed by atoms with Crippen LogP contribution in [-0.2, 0) is 19.2 Å². The molecule has 7 unspecified atom stereocenters. The van der Waals surface area contributed by atoms with Crippen LogP contribution in [0.3, 0.4) is 0 Å². The van der Waals surface area contributed by atoms with Crippen molar-refractivity contribution in [3.63, 3.8) is 0 Å². The van der Waals surface area contributed by atoms with Crippen molar-refractivity contribution in [3.8, 4) is 0 Å². The first-order valence-corrected chi connectivity index (χ1v) is 10.9. The number of nitro groups is 1. The van der Waals surface area contributed by atoms with Gasteiger partial charge < -0.3 is 26.0 Å². The van der Waals surface area contributed by atoms with Crippen LogP contribution in [0.25, 0.3) is 0 Å². The van der Waals surface area contributed by atoms with Gasteiger partial charge in [0.25, 0.3) is 0 Å². The van der Waals surface area contributed by atoms with Crippen LogP contribution in [-0.4, -0.2) is 62.3 Å². The molecule has 0 aliphatic heterocycles. The summed E-state index contributed by atoms with van der Waals surface area (Å²) in [7, 11) is 0. The first kappa shape index (κ1) is 25.5. The van der Waals surface area contributed by atoms with Gasteiger partial charge in [0.15, 0.2) is 0 Å². The molecule has 0 heterocycles. The monoisotopic (exact) mass is 457 g/mol. The highest BCUT2D eigenvalue weighted by molar-refractivity contribution is 5.87. The van der Waals surface area contributed by atoms with Crippen LogP contribution in [0.15, 0.2) is 0 Å². The van der Waals surface area contributed by atoms with Gasteiger partial charge in [-0.25, -0.2) is 0 Å². The molecule has 12 nitrogen and oxygen atoms in total. The number of carboxylic acids is 2. The lowest BCUT2D eigenvalue weighted by Crippen LogP contribution is -2.55. The van der Waals surface area contributed by atoms with Gasteiger partial charge in [0, 0.05) is 17.8 Å². The zero-order chi connectivity index (χ0) is 24.0. The average Bonchev–Trinajstić information content (AvgIpc) is 2.72. The Bertz CT molecular complexity index is 744. The molecular weight excluding hydrogens is 426 g/mol. The number of aliphatic carboxylic acids is 2. The number of hydrogen-bond donors (Lipinski definition) is 5. The first-order chi connectivity index (χ1) is 15.0. The number of nitrogens with one attached hydrogen (secondary N) is 2. The SMILES string of the molecule is CCCC(NC(=O)C1CC(O)CCC1C(=O)O)NC(=O)C1CC([N+](=O)[O-])CCC1C(=O)O. The van der Waals surface area contributed by atoms with Gasteiger partial charge in [-0.15, -0.1) is 0 Å². The number of amides is 2. The number of hydrogen-bond acceptors (Lipinski definition) is 7. The summed E-state index contributed by atoms with van der Waals surface area (Å²) in [5.74, 6) is -7.74. The van der Waals surface area contributed by atoms with E-state index in [1.165, 1.54) is 0 Å². The molecular formula is C20H31N3O9. The molecule has 2 amide bonds. The predicted octanol–water partition coefficient (Wildman–Crippen LogP) is 0.353. The van der Waals surface area contributed by atoms with Crippen LogP contribution in [0, 0.1) is 33.8 Å². The molecule has 12 heteroatoms. The molecule has 2 fully saturated rings. The third-order valence-electron chi connectivity index (χ3n) is 6.46. The molecule has 2 aliphatic carbocycles. The van der Waals surface area contributed by atoms with Crippen molar-refractivity contribution in [1.82, 2.24) is 10.6 Å². The van der Waals surface area contributed by atoms with Crippen molar-refractivity contribution in [2.24, 2.45) is 23.7 Å². The van der Waals surface area contributed by atoms with Crippen molar-refractivity contribution in [1.29, 1.82) is 0 Å². The summed E-state index contributed by atoms with van der Waals surface area (Å²) in [6.45, 7) is 1.80. The van der Waals surface area contributed by atoms with E-state index in [-0.39, 0.29) is 38.5 Å². The lowest BCUT2D eigenvalue weighted by atomic mass is 9.76. The fourth-order valence-electron chi connectivity index (χ4n) is 4.69. The van der Waals surface area contributed by atoms with E-state index in [9.17, 15) is 44.6 Å². The van der Waals surface area contributed by atoms with Crippen LogP contribution >= 0.6 is 0 Å². The van der Waals surface area contributed by atoms with Crippen LogP contribution in [0.1, 0.15) is 58.3 Å². The highest BCUT2D eigenvalue weighted by Gasteiger charge is 2.44. The third-order valence-corrected chi connectivity index (χ3v) is 6.46. The Morgan fingerprint density at radius 3 is 1.88 bits per heavy atom. The quantitative estimate of drug-likeness (QED) is 0.184. The number of carbonyl (C=O) groups excluding carboxylic acids is 2. The van der Waals surface area contributed by atoms with E-state index in [1.54, 1.807) is 6.92 Å². The molecule has 0 aromatic carbocycles. The Labute approximate surface area is 184 Å². The van der Waals surface area contributed by atoms with E-state index < -0.39 is 70.7 Å². The largest absolute Gasteiger partial charge is 0.481 e. The van der Waals surface area contributed by atoms with Crippen molar-refractivity contribution in [2.45, 2.75) is 76.6 Å². The zero-order valence-electron chi connectivity index (χ0n) is 17.9. The standard InChI is InChI=1S/C20H31N3O9/c1-2-3-16(22-18(26)15-9-11(24)5-7-13(15)20(29)30)21-17(25)14-8-10(23(31)32)4-6-12(14)19(27)28/h10-16,24H,2-9H2,1H3,(H,21,25)(H,22,26)(H,27,28)(H,29,30). The van der Waals surface area contributed by atoms with Crippen LogP contribution < -0.4 is 10.6 Å². The van der Waals surface area contributed by atoms with Gasteiger partial charge in [0.05, 0.1) is 29.8 Å². The molecule has 0 spiro atoms. The molecule has 180 valence electrons. The lowest BCUT2D eigenvalue weighted by Gasteiger charge is -2.33. The summed E-state index contributed by atoms with van der Waals surface area (Å²) >= 11 is 0. The number of carboxylic acid groups (broad SMARTS) is 2. The minimum absolute atomic E-state index is 0.00409. The summed E-state index contributed by atoms with van der Waals surface area (Å²) in [6.07, 6.45) is -0.540. The Balaban J connectivity index is 2.11. The Hall–Kier alpha value is -2.76.